The van der Waals surface area contributed by atoms with E-state index < -0.39 is 11.6 Å². The summed E-state index contributed by atoms with van der Waals surface area (Å²) in [6.07, 6.45) is 7.78. The zero-order chi connectivity index (χ0) is 29.7. The molecule has 6 nitrogen and oxygen atoms in total. The number of aliphatic imine (C=N–C) groups is 1. The van der Waals surface area contributed by atoms with Gasteiger partial charge in [0.25, 0.3) is 5.91 Å². The fourth-order valence-electron chi connectivity index (χ4n) is 6.91. The van der Waals surface area contributed by atoms with Gasteiger partial charge in [0.15, 0.2) is 0 Å². The van der Waals surface area contributed by atoms with Crippen LogP contribution >= 0.6 is 11.6 Å². The van der Waals surface area contributed by atoms with Crippen LogP contribution in [0.3, 0.4) is 0 Å². The molecule has 2 fully saturated rings. The Morgan fingerprint density at radius 2 is 1.67 bits per heavy atom. The quantitative estimate of drug-likeness (QED) is 0.255. The van der Waals surface area contributed by atoms with Gasteiger partial charge < -0.3 is 10.2 Å². The number of hydrogen-bond donors (Lipinski definition) is 1. The zero-order valence-corrected chi connectivity index (χ0v) is 24.4. The number of benzene rings is 3. The maximum atomic E-state index is 14.8. The summed E-state index contributed by atoms with van der Waals surface area (Å²) in [5, 5.41) is 3.64. The molecule has 2 aliphatic carbocycles. The number of carbonyl (C=O) groups is 1. The van der Waals surface area contributed by atoms with Crippen molar-refractivity contribution in [3.63, 3.8) is 0 Å². The molecule has 1 aliphatic heterocycles. The number of carbonyl (C=O) groups excluding carboxylic acids is 1. The molecule has 1 aromatic heterocycles. The van der Waals surface area contributed by atoms with Gasteiger partial charge >= 0.3 is 0 Å². The Morgan fingerprint density at radius 3 is 2.40 bits per heavy atom. The molecule has 0 saturated heterocycles. The van der Waals surface area contributed by atoms with Gasteiger partial charge in [0.1, 0.15) is 11.6 Å². The summed E-state index contributed by atoms with van der Waals surface area (Å²) < 4.78 is 29.7. The van der Waals surface area contributed by atoms with E-state index in [1.807, 2.05) is 36.2 Å². The Labute approximate surface area is 253 Å². The number of amides is 1. The van der Waals surface area contributed by atoms with Crippen LogP contribution in [0.25, 0.3) is 11.3 Å². The van der Waals surface area contributed by atoms with E-state index in [1.165, 1.54) is 37.5 Å². The van der Waals surface area contributed by atoms with Crippen molar-refractivity contribution in [1.29, 1.82) is 0 Å². The second kappa shape index (κ2) is 11.2. The maximum Gasteiger partial charge on any atom is 0.253 e. The molecule has 3 aromatic carbocycles. The Kier molecular flexibility index (Phi) is 7.17. The number of nitrogens with one attached hydrogen (secondary N) is 1. The lowest BCUT2D eigenvalue weighted by molar-refractivity contribution is 0.0659. The first kappa shape index (κ1) is 27.7. The lowest BCUT2D eigenvalue weighted by atomic mass is 9.84. The van der Waals surface area contributed by atoms with Crippen molar-refractivity contribution >= 4 is 34.9 Å². The summed E-state index contributed by atoms with van der Waals surface area (Å²) in [6.45, 7) is 0.137. The van der Waals surface area contributed by atoms with E-state index in [2.05, 4.69) is 15.3 Å². The second-order valence-electron chi connectivity index (χ2n) is 11.8. The third kappa shape index (κ3) is 5.29. The molecular formula is C34H30ClF2N5O. The van der Waals surface area contributed by atoms with Gasteiger partial charge in [-0.25, -0.2) is 18.7 Å². The van der Waals surface area contributed by atoms with Gasteiger partial charge in [0.05, 0.1) is 23.5 Å². The first-order valence-corrected chi connectivity index (χ1v) is 15.0. The highest BCUT2D eigenvalue weighted by Crippen LogP contribution is 2.43. The lowest BCUT2D eigenvalue weighted by Crippen LogP contribution is -2.40. The van der Waals surface area contributed by atoms with E-state index in [0.29, 0.717) is 45.0 Å². The third-order valence-electron chi connectivity index (χ3n) is 9.08. The highest BCUT2D eigenvalue weighted by atomic mass is 35.5. The average molecular weight is 598 g/mol. The van der Waals surface area contributed by atoms with E-state index in [9.17, 15) is 13.6 Å². The van der Waals surface area contributed by atoms with Crippen molar-refractivity contribution < 1.29 is 13.6 Å². The fraction of sp³-hybridized carbons (Fsp3) is 0.294. The number of aromatic nitrogens is 2. The molecule has 9 heteroatoms. The molecule has 4 aromatic rings. The predicted molar refractivity (Wildman–Crippen MR) is 164 cm³/mol. The Bertz CT molecular complexity index is 1730. The van der Waals surface area contributed by atoms with Crippen molar-refractivity contribution in [2.45, 2.75) is 44.7 Å². The van der Waals surface area contributed by atoms with Crippen molar-refractivity contribution in [3.05, 3.63) is 106 Å². The van der Waals surface area contributed by atoms with Crippen molar-refractivity contribution in [2.75, 3.05) is 12.4 Å². The summed E-state index contributed by atoms with van der Waals surface area (Å²) in [4.78, 5) is 29.0. The predicted octanol–water partition coefficient (Wildman–Crippen LogP) is 7.82. The highest BCUT2D eigenvalue weighted by Gasteiger charge is 2.37. The number of nitrogens with zero attached hydrogens (tertiary/aromatic N) is 4. The Hall–Kier alpha value is -4.17. The number of anilines is 2. The van der Waals surface area contributed by atoms with E-state index in [1.54, 1.807) is 24.4 Å². The first-order chi connectivity index (χ1) is 20.8. The summed E-state index contributed by atoms with van der Waals surface area (Å²) in [5.74, 6) is 0.486. The number of rotatable bonds is 5. The van der Waals surface area contributed by atoms with E-state index >= 15 is 0 Å². The van der Waals surface area contributed by atoms with Gasteiger partial charge in [-0.1, -0.05) is 36.6 Å². The monoisotopic (exact) mass is 597 g/mol. The van der Waals surface area contributed by atoms with Gasteiger partial charge in [-0.3, -0.25) is 9.79 Å². The molecule has 0 radical (unpaired) electrons. The molecule has 2 heterocycles. The topological polar surface area (TPSA) is 70.5 Å². The summed E-state index contributed by atoms with van der Waals surface area (Å²) >= 11 is 6.33. The summed E-state index contributed by atoms with van der Waals surface area (Å²) in [6, 6.07) is 16.5. The van der Waals surface area contributed by atoms with E-state index in [0.717, 1.165) is 30.4 Å². The molecule has 3 aliphatic rings. The van der Waals surface area contributed by atoms with Gasteiger partial charge in [0, 0.05) is 52.3 Å². The highest BCUT2D eigenvalue weighted by molar-refractivity contribution is 6.31. The SMILES string of the molecule is CN(C(=O)c1ccc(Nc2ncc3c(n2)-c2ccc(Cl)cc2C(c2c(F)cccc2F)=NC3)cc1)C1CC2CCC(C2)C1. The van der Waals surface area contributed by atoms with Crippen molar-refractivity contribution in [1.82, 2.24) is 14.9 Å². The van der Waals surface area contributed by atoms with Crippen LogP contribution in [-0.4, -0.2) is 39.6 Å². The van der Waals surface area contributed by atoms with Gasteiger partial charge in [-0.05, 0) is 79.6 Å². The van der Waals surface area contributed by atoms with E-state index in [4.69, 9.17) is 16.6 Å². The molecule has 2 unspecified atom stereocenters. The van der Waals surface area contributed by atoms with Crippen LogP contribution in [0.1, 0.15) is 59.2 Å². The lowest BCUT2D eigenvalue weighted by Gasteiger charge is -2.35. The molecule has 0 spiro atoms. The van der Waals surface area contributed by atoms with Gasteiger partial charge in [-0.15, -0.1) is 0 Å². The third-order valence-corrected chi connectivity index (χ3v) is 9.32. The molecule has 2 saturated carbocycles. The average Bonchev–Trinajstić information content (AvgIpc) is 3.27. The fourth-order valence-corrected chi connectivity index (χ4v) is 7.08. The van der Waals surface area contributed by atoms with Crippen LogP contribution in [0.2, 0.25) is 5.02 Å². The smallest absolute Gasteiger partial charge is 0.253 e. The summed E-state index contributed by atoms with van der Waals surface area (Å²) in [5.41, 5.74) is 3.76. The van der Waals surface area contributed by atoms with Crippen LogP contribution in [0.5, 0.6) is 0 Å². The molecular weight excluding hydrogens is 568 g/mol. The molecule has 43 heavy (non-hydrogen) atoms. The van der Waals surface area contributed by atoms with Crippen LogP contribution in [0.4, 0.5) is 20.4 Å². The number of fused-ring (bicyclic) bond motifs is 5. The summed E-state index contributed by atoms with van der Waals surface area (Å²) in [7, 11) is 1.92. The van der Waals surface area contributed by atoms with Crippen LogP contribution in [0.15, 0.2) is 71.9 Å². The normalized spacial score (nSPS) is 20.5. The minimum atomic E-state index is -0.706. The maximum absolute atomic E-state index is 14.8. The molecule has 2 atom stereocenters. The van der Waals surface area contributed by atoms with Crippen molar-refractivity contribution in [2.24, 2.45) is 16.8 Å². The zero-order valence-electron chi connectivity index (χ0n) is 23.7. The van der Waals surface area contributed by atoms with Crippen LogP contribution < -0.4 is 5.32 Å². The standard InChI is InChI=1S/C34H30ClF2N5O/c1-42(25-14-19-5-6-20(13-19)15-25)33(43)21-7-10-24(11-8-21)40-34-39-18-22-17-38-32(30-28(36)3-2-4-29(30)37)27-16-23(35)9-12-26(27)31(22)41-34/h2-4,7-12,16,18-20,25H,5-6,13-15,17H2,1H3,(H,39,40,41). The molecule has 1 amide bonds. The van der Waals surface area contributed by atoms with Crippen LogP contribution in [0, 0.1) is 23.5 Å². The van der Waals surface area contributed by atoms with Crippen LogP contribution in [-0.2, 0) is 6.54 Å². The molecule has 2 bridgehead atoms. The minimum absolute atomic E-state index is 0.0384. The van der Waals surface area contributed by atoms with Gasteiger partial charge in [-0.2, -0.15) is 0 Å². The van der Waals surface area contributed by atoms with Crippen molar-refractivity contribution in [3.8, 4) is 11.3 Å². The molecule has 7 rings (SSSR count). The first-order valence-electron chi connectivity index (χ1n) is 14.6. The second-order valence-corrected chi connectivity index (χ2v) is 12.2. The largest absolute Gasteiger partial charge is 0.339 e. The number of halogens is 3. The molecule has 218 valence electrons. The number of hydrogen-bond acceptors (Lipinski definition) is 5. The minimum Gasteiger partial charge on any atom is -0.339 e. The Balaban J connectivity index is 1.14. The Morgan fingerprint density at radius 1 is 0.953 bits per heavy atom. The van der Waals surface area contributed by atoms with Gasteiger partial charge in [0.2, 0.25) is 5.95 Å². The van der Waals surface area contributed by atoms with E-state index in [-0.39, 0.29) is 23.7 Å². The molecule has 1 N–H and O–H groups in total.